The number of halogens is 2. The molecule has 1 fully saturated rings. The molecular formula is C16H30F2N2O2. The smallest absolute Gasteiger partial charge is 0.407 e. The van der Waals surface area contributed by atoms with Crippen molar-refractivity contribution in [2.45, 2.75) is 71.4 Å². The maximum atomic E-state index is 13.9. The molecule has 0 spiro atoms. The summed E-state index contributed by atoms with van der Waals surface area (Å²) in [4.78, 5) is 11.4. The number of alkyl halides is 2. The molecule has 1 amide bonds. The van der Waals surface area contributed by atoms with Crippen LogP contribution in [0.4, 0.5) is 13.6 Å². The topological polar surface area (TPSA) is 50.4 Å². The zero-order chi connectivity index (χ0) is 17.0. The van der Waals surface area contributed by atoms with E-state index in [0.717, 1.165) is 19.3 Å². The molecule has 1 rings (SSSR count). The molecule has 130 valence electrons. The van der Waals surface area contributed by atoms with Gasteiger partial charge in [-0.2, -0.15) is 0 Å². The molecule has 0 aromatic rings. The molecular weight excluding hydrogens is 290 g/mol. The monoisotopic (exact) mass is 320 g/mol. The molecule has 0 aromatic carbocycles. The third-order valence-electron chi connectivity index (χ3n) is 4.03. The average Bonchev–Trinajstić information content (AvgIpc) is 2.34. The summed E-state index contributed by atoms with van der Waals surface area (Å²) in [5.41, 5.74) is -0.690. The summed E-state index contributed by atoms with van der Waals surface area (Å²) in [6.07, 6.45) is 2.50. The first-order valence-corrected chi connectivity index (χ1v) is 8.08. The highest BCUT2D eigenvalue weighted by Gasteiger charge is 2.34. The Kier molecular flexibility index (Phi) is 6.59. The first-order chi connectivity index (χ1) is 10.0. The molecule has 1 saturated carbocycles. The predicted octanol–water partition coefficient (Wildman–Crippen LogP) is 3.56. The quantitative estimate of drug-likeness (QED) is 0.814. The average molecular weight is 320 g/mol. The molecule has 1 aliphatic carbocycles. The van der Waals surface area contributed by atoms with Crippen LogP contribution in [0.15, 0.2) is 0 Å². The summed E-state index contributed by atoms with van der Waals surface area (Å²) in [5, 5.41) is 5.13. The van der Waals surface area contributed by atoms with Gasteiger partial charge in [0, 0.05) is 6.04 Å². The van der Waals surface area contributed by atoms with Gasteiger partial charge in [0.15, 0.2) is 0 Å². The van der Waals surface area contributed by atoms with Crippen LogP contribution in [-0.4, -0.2) is 36.7 Å². The SMILES string of the molecule is CC1CCCC(C)C1NCC(F)(F)CNC(=O)OC(C)(C)C. The number of ether oxygens (including phenoxy) is 1. The number of rotatable bonds is 5. The normalized spacial score (nSPS) is 26.6. The molecule has 0 aliphatic heterocycles. The largest absolute Gasteiger partial charge is 0.444 e. The first kappa shape index (κ1) is 19.1. The zero-order valence-corrected chi connectivity index (χ0v) is 14.3. The zero-order valence-electron chi connectivity index (χ0n) is 14.3. The Labute approximate surface area is 132 Å². The van der Waals surface area contributed by atoms with Crippen molar-refractivity contribution in [3.8, 4) is 0 Å². The van der Waals surface area contributed by atoms with E-state index in [9.17, 15) is 13.6 Å². The molecule has 6 heteroatoms. The summed E-state index contributed by atoms with van der Waals surface area (Å²) < 4.78 is 32.7. The Bertz CT molecular complexity index is 360. The molecule has 0 saturated heterocycles. The van der Waals surface area contributed by atoms with Crippen LogP contribution in [0.1, 0.15) is 53.9 Å². The Hall–Kier alpha value is -0.910. The lowest BCUT2D eigenvalue weighted by molar-refractivity contribution is -0.00991. The molecule has 4 nitrogen and oxygen atoms in total. The van der Waals surface area contributed by atoms with E-state index in [0.29, 0.717) is 11.8 Å². The fraction of sp³-hybridized carbons (Fsp3) is 0.938. The van der Waals surface area contributed by atoms with E-state index < -0.39 is 30.7 Å². The van der Waals surface area contributed by atoms with E-state index in [2.05, 4.69) is 24.5 Å². The van der Waals surface area contributed by atoms with Gasteiger partial charge in [-0.05, 0) is 45.4 Å². The maximum absolute atomic E-state index is 13.9. The molecule has 1 aliphatic rings. The molecule has 2 atom stereocenters. The van der Waals surface area contributed by atoms with Crippen molar-refractivity contribution in [3.63, 3.8) is 0 Å². The van der Waals surface area contributed by atoms with Gasteiger partial charge in [-0.25, -0.2) is 13.6 Å². The second kappa shape index (κ2) is 7.57. The van der Waals surface area contributed by atoms with Crippen LogP contribution in [0.25, 0.3) is 0 Å². The molecule has 0 bridgehead atoms. The lowest BCUT2D eigenvalue weighted by atomic mass is 9.78. The van der Waals surface area contributed by atoms with Gasteiger partial charge in [-0.3, -0.25) is 0 Å². The number of nitrogens with one attached hydrogen (secondary N) is 2. The summed E-state index contributed by atoms with van der Waals surface area (Å²) in [6.45, 7) is 8.13. The van der Waals surface area contributed by atoms with Crippen LogP contribution >= 0.6 is 0 Å². The number of carbonyl (C=O) groups is 1. The lowest BCUT2D eigenvalue weighted by Crippen LogP contribution is -2.50. The number of alkyl carbamates (subject to hydrolysis) is 1. The third-order valence-corrected chi connectivity index (χ3v) is 4.03. The Morgan fingerprint density at radius 3 is 2.18 bits per heavy atom. The summed E-state index contributed by atoms with van der Waals surface area (Å²) in [5.74, 6) is -2.19. The van der Waals surface area contributed by atoms with Gasteiger partial charge >= 0.3 is 6.09 Å². The van der Waals surface area contributed by atoms with Crippen LogP contribution in [0.3, 0.4) is 0 Å². The van der Waals surface area contributed by atoms with Crippen molar-refractivity contribution in [2.24, 2.45) is 11.8 Å². The van der Waals surface area contributed by atoms with Crippen LogP contribution in [0.2, 0.25) is 0 Å². The van der Waals surface area contributed by atoms with Gasteiger partial charge < -0.3 is 15.4 Å². The van der Waals surface area contributed by atoms with Crippen LogP contribution in [0.5, 0.6) is 0 Å². The minimum atomic E-state index is -2.99. The Balaban J connectivity index is 2.38. The van der Waals surface area contributed by atoms with Crippen molar-refractivity contribution in [2.75, 3.05) is 13.1 Å². The molecule has 0 aromatic heterocycles. The fourth-order valence-corrected chi connectivity index (χ4v) is 2.93. The highest BCUT2D eigenvalue weighted by molar-refractivity contribution is 5.67. The number of carbonyl (C=O) groups excluding carboxylic acids is 1. The molecule has 22 heavy (non-hydrogen) atoms. The van der Waals surface area contributed by atoms with E-state index in [-0.39, 0.29) is 6.04 Å². The van der Waals surface area contributed by atoms with Crippen molar-refractivity contribution < 1.29 is 18.3 Å². The third kappa shape index (κ3) is 6.90. The lowest BCUT2D eigenvalue weighted by Gasteiger charge is -2.36. The van der Waals surface area contributed by atoms with Gasteiger partial charge in [0.2, 0.25) is 0 Å². The standard InChI is InChI=1S/C16H30F2N2O2/c1-11-7-6-8-12(2)13(11)19-9-16(17,18)10-20-14(21)22-15(3,4)5/h11-13,19H,6-10H2,1-5H3,(H,20,21). The minimum Gasteiger partial charge on any atom is -0.444 e. The van der Waals surface area contributed by atoms with Gasteiger partial charge in [0.1, 0.15) is 5.60 Å². The van der Waals surface area contributed by atoms with Crippen molar-refractivity contribution in [3.05, 3.63) is 0 Å². The summed E-state index contributed by atoms with van der Waals surface area (Å²) in [6, 6.07) is 0.112. The highest BCUT2D eigenvalue weighted by Crippen LogP contribution is 2.29. The van der Waals surface area contributed by atoms with Crippen LogP contribution in [0, 0.1) is 11.8 Å². The minimum absolute atomic E-state index is 0.112. The van der Waals surface area contributed by atoms with Gasteiger partial charge in [-0.1, -0.05) is 20.3 Å². The summed E-state index contributed by atoms with van der Waals surface area (Å²) in [7, 11) is 0. The van der Waals surface area contributed by atoms with E-state index in [1.807, 2.05) is 0 Å². The van der Waals surface area contributed by atoms with Crippen molar-refractivity contribution in [1.82, 2.24) is 10.6 Å². The van der Waals surface area contributed by atoms with E-state index >= 15 is 0 Å². The van der Waals surface area contributed by atoms with Gasteiger partial charge in [0.25, 0.3) is 5.92 Å². The van der Waals surface area contributed by atoms with E-state index in [1.165, 1.54) is 0 Å². The highest BCUT2D eigenvalue weighted by atomic mass is 19.3. The van der Waals surface area contributed by atoms with Crippen molar-refractivity contribution in [1.29, 1.82) is 0 Å². The molecule has 0 radical (unpaired) electrons. The maximum Gasteiger partial charge on any atom is 0.407 e. The molecule has 2 unspecified atom stereocenters. The number of hydrogen-bond acceptors (Lipinski definition) is 3. The first-order valence-electron chi connectivity index (χ1n) is 8.08. The molecule has 2 N–H and O–H groups in total. The molecule has 0 heterocycles. The van der Waals surface area contributed by atoms with Crippen LogP contribution in [-0.2, 0) is 4.74 Å². The van der Waals surface area contributed by atoms with Gasteiger partial charge in [0.05, 0.1) is 13.1 Å². The second-order valence-corrected chi connectivity index (χ2v) is 7.50. The van der Waals surface area contributed by atoms with E-state index in [4.69, 9.17) is 4.74 Å². The van der Waals surface area contributed by atoms with Crippen LogP contribution < -0.4 is 10.6 Å². The Morgan fingerprint density at radius 2 is 1.68 bits per heavy atom. The fourth-order valence-electron chi connectivity index (χ4n) is 2.93. The van der Waals surface area contributed by atoms with Gasteiger partial charge in [-0.15, -0.1) is 0 Å². The summed E-state index contributed by atoms with van der Waals surface area (Å²) >= 11 is 0. The van der Waals surface area contributed by atoms with Crippen molar-refractivity contribution >= 4 is 6.09 Å². The Morgan fingerprint density at radius 1 is 1.14 bits per heavy atom. The number of hydrogen-bond donors (Lipinski definition) is 2. The number of amides is 1. The second-order valence-electron chi connectivity index (χ2n) is 7.50. The van der Waals surface area contributed by atoms with E-state index in [1.54, 1.807) is 20.8 Å². The predicted molar refractivity (Wildman–Crippen MR) is 83.2 cm³/mol.